The van der Waals surface area contributed by atoms with Gasteiger partial charge in [0.2, 0.25) is 5.91 Å². The molecule has 0 radical (unpaired) electrons. The summed E-state index contributed by atoms with van der Waals surface area (Å²) in [5.41, 5.74) is 6.03. The molecule has 3 N–H and O–H groups in total. The summed E-state index contributed by atoms with van der Waals surface area (Å²) < 4.78 is 0. The maximum atomic E-state index is 11.3. The van der Waals surface area contributed by atoms with E-state index < -0.39 is 5.54 Å². The van der Waals surface area contributed by atoms with Gasteiger partial charge >= 0.3 is 0 Å². The molecule has 1 saturated heterocycles. The Labute approximate surface area is 95.3 Å². The lowest BCUT2D eigenvalue weighted by Gasteiger charge is -2.40. The van der Waals surface area contributed by atoms with Gasteiger partial charge < -0.3 is 11.1 Å². The predicted octanol–water partition coefficient (Wildman–Crippen LogP) is 0.622. The van der Waals surface area contributed by atoms with E-state index in [4.69, 9.17) is 5.73 Å². The summed E-state index contributed by atoms with van der Waals surface area (Å²) in [5, 5.41) is 3.15. The van der Waals surface area contributed by atoms with E-state index in [1.807, 2.05) is 18.2 Å². The molecule has 0 saturated carbocycles. The third-order valence-electron chi connectivity index (χ3n) is 3.25. The minimum absolute atomic E-state index is 0.222. The molecule has 1 atom stereocenters. The number of nitrogens with one attached hydrogen (secondary N) is 1. The van der Waals surface area contributed by atoms with Crippen LogP contribution >= 0.6 is 0 Å². The Morgan fingerprint density at radius 1 is 1.56 bits per heavy atom. The number of aryl methyl sites for hydroxylation is 1. The van der Waals surface area contributed by atoms with Crippen molar-refractivity contribution < 1.29 is 4.79 Å². The molecule has 2 rings (SSSR count). The fraction of sp³-hybridized carbons (Fsp3) is 0.500. The summed E-state index contributed by atoms with van der Waals surface area (Å²) in [6, 6.07) is 5.89. The smallest absolute Gasteiger partial charge is 0.237 e. The number of aromatic nitrogens is 1. The molecule has 4 nitrogen and oxygen atoms in total. The number of carbonyl (C=O) groups is 1. The van der Waals surface area contributed by atoms with Crippen LogP contribution in [0.4, 0.5) is 0 Å². The minimum atomic E-state index is -0.436. The maximum Gasteiger partial charge on any atom is 0.237 e. The number of hydrogen-bond acceptors (Lipinski definition) is 3. The van der Waals surface area contributed by atoms with Crippen LogP contribution in [-0.4, -0.2) is 23.0 Å². The Balaban J connectivity index is 1.82. The number of rotatable bonds is 5. The Morgan fingerprint density at radius 2 is 2.38 bits per heavy atom. The lowest BCUT2D eigenvalue weighted by molar-refractivity contribution is -0.127. The molecule has 1 aliphatic heterocycles. The number of nitrogens with two attached hydrogens (primary N) is 1. The van der Waals surface area contributed by atoms with Crippen molar-refractivity contribution in [2.24, 2.45) is 5.73 Å². The molecule has 1 aromatic rings. The third kappa shape index (κ3) is 2.22. The number of hydrogen-bond donors (Lipinski definition) is 2. The quantitative estimate of drug-likeness (QED) is 0.763. The average molecular weight is 219 g/mol. The number of nitrogens with zero attached hydrogens (tertiary/aromatic N) is 1. The van der Waals surface area contributed by atoms with Crippen molar-refractivity contribution in [1.29, 1.82) is 0 Å². The SMILES string of the molecule is NC(=O)C1(CCCc2ccccn2)CCN1. The summed E-state index contributed by atoms with van der Waals surface area (Å²) in [6.45, 7) is 0.895. The van der Waals surface area contributed by atoms with Crippen LogP contribution in [-0.2, 0) is 11.2 Å². The Kier molecular flexibility index (Phi) is 3.19. The van der Waals surface area contributed by atoms with Crippen LogP contribution in [0.25, 0.3) is 0 Å². The zero-order valence-corrected chi connectivity index (χ0v) is 9.28. The van der Waals surface area contributed by atoms with Crippen molar-refractivity contribution in [1.82, 2.24) is 10.3 Å². The Morgan fingerprint density at radius 3 is 2.88 bits per heavy atom. The zero-order valence-electron chi connectivity index (χ0n) is 9.28. The van der Waals surface area contributed by atoms with E-state index in [0.29, 0.717) is 0 Å². The topological polar surface area (TPSA) is 68.0 Å². The molecular formula is C12H17N3O. The molecule has 0 spiro atoms. The summed E-state index contributed by atoms with van der Waals surface area (Å²) in [7, 11) is 0. The van der Waals surface area contributed by atoms with Gasteiger partial charge in [-0.3, -0.25) is 9.78 Å². The van der Waals surface area contributed by atoms with Crippen LogP contribution < -0.4 is 11.1 Å². The Bertz CT molecular complexity index is 360. The first-order chi connectivity index (χ1) is 7.73. The van der Waals surface area contributed by atoms with Gasteiger partial charge in [0.05, 0.1) is 5.54 Å². The first-order valence-corrected chi connectivity index (χ1v) is 5.68. The first kappa shape index (κ1) is 11.1. The van der Waals surface area contributed by atoms with Crippen molar-refractivity contribution in [3.63, 3.8) is 0 Å². The largest absolute Gasteiger partial charge is 0.368 e. The second kappa shape index (κ2) is 4.61. The number of carbonyl (C=O) groups excluding carboxylic acids is 1. The van der Waals surface area contributed by atoms with Gasteiger partial charge in [-0.15, -0.1) is 0 Å². The minimum Gasteiger partial charge on any atom is -0.368 e. The van der Waals surface area contributed by atoms with E-state index in [1.165, 1.54) is 0 Å². The number of pyridine rings is 1. The third-order valence-corrected chi connectivity index (χ3v) is 3.25. The zero-order chi connectivity index (χ0) is 11.4. The van der Waals surface area contributed by atoms with E-state index in [9.17, 15) is 4.79 Å². The van der Waals surface area contributed by atoms with Gasteiger partial charge in [-0.1, -0.05) is 6.07 Å². The van der Waals surface area contributed by atoms with E-state index in [0.717, 1.165) is 37.9 Å². The summed E-state index contributed by atoms with van der Waals surface area (Å²) >= 11 is 0. The Hall–Kier alpha value is -1.42. The fourth-order valence-corrected chi connectivity index (χ4v) is 2.09. The van der Waals surface area contributed by atoms with E-state index in [2.05, 4.69) is 10.3 Å². The van der Waals surface area contributed by atoms with Crippen LogP contribution in [0.15, 0.2) is 24.4 Å². The molecular weight excluding hydrogens is 202 g/mol. The van der Waals surface area contributed by atoms with Crippen molar-refractivity contribution in [2.45, 2.75) is 31.2 Å². The molecule has 2 heterocycles. The van der Waals surface area contributed by atoms with E-state index >= 15 is 0 Å². The normalized spacial score (nSPS) is 23.8. The van der Waals surface area contributed by atoms with E-state index in [1.54, 1.807) is 6.20 Å². The number of primary amides is 1. The second-order valence-electron chi connectivity index (χ2n) is 4.30. The molecule has 1 fully saturated rings. The summed E-state index contributed by atoms with van der Waals surface area (Å²) in [4.78, 5) is 15.5. The number of amides is 1. The molecule has 1 aliphatic rings. The molecule has 0 bridgehead atoms. The fourth-order valence-electron chi connectivity index (χ4n) is 2.09. The highest BCUT2D eigenvalue weighted by atomic mass is 16.1. The molecule has 0 aromatic carbocycles. The summed E-state index contributed by atoms with van der Waals surface area (Å²) in [5.74, 6) is -0.222. The van der Waals surface area contributed by atoms with Crippen LogP contribution in [0.2, 0.25) is 0 Å². The average Bonchev–Trinajstić information content (AvgIpc) is 2.23. The molecule has 16 heavy (non-hydrogen) atoms. The van der Waals surface area contributed by atoms with Gasteiger partial charge in [0.25, 0.3) is 0 Å². The van der Waals surface area contributed by atoms with Gasteiger partial charge in [-0.05, 0) is 44.4 Å². The molecule has 1 aromatic heterocycles. The van der Waals surface area contributed by atoms with Crippen LogP contribution in [0.3, 0.4) is 0 Å². The van der Waals surface area contributed by atoms with E-state index in [-0.39, 0.29) is 5.91 Å². The van der Waals surface area contributed by atoms with Gasteiger partial charge in [-0.25, -0.2) is 0 Å². The van der Waals surface area contributed by atoms with Gasteiger partial charge in [0.15, 0.2) is 0 Å². The highest BCUT2D eigenvalue weighted by Gasteiger charge is 2.41. The monoisotopic (exact) mass is 219 g/mol. The van der Waals surface area contributed by atoms with Crippen molar-refractivity contribution in [3.05, 3.63) is 30.1 Å². The van der Waals surface area contributed by atoms with Crippen LogP contribution in [0, 0.1) is 0 Å². The highest BCUT2D eigenvalue weighted by Crippen LogP contribution is 2.24. The second-order valence-corrected chi connectivity index (χ2v) is 4.30. The molecule has 0 aliphatic carbocycles. The van der Waals surface area contributed by atoms with Gasteiger partial charge in [0.1, 0.15) is 0 Å². The predicted molar refractivity (Wildman–Crippen MR) is 61.7 cm³/mol. The first-order valence-electron chi connectivity index (χ1n) is 5.68. The van der Waals surface area contributed by atoms with Crippen molar-refractivity contribution >= 4 is 5.91 Å². The van der Waals surface area contributed by atoms with Crippen LogP contribution in [0.5, 0.6) is 0 Å². The molecule has 86 valence electrons. The lowest BCUT2D eigenvalue weighted by atomic mass is 9.82. The highest BCUT2D eigenvalue weighted by molar-refractivity contribution is 5.85. The van der Waals surface area contributed by atoms with Gasteiger partial charge in [0, 0.05) is 11.9 Å². The molecule has 1 amide bonds. The van der Waals surface area contributed by atoms with Crippen LogP contribution in [0.1, 0.15) is 25.0 Å². The maximum absolute atomic E-state index is 11.3. The standard InChI is InChI=1S/C12H17N3O/c13-11(16)12(7-9-15-12)6-3-5-10-4-1-2-8-14-10/h1-2,4,8,15H,3,5-7,9H2,(H2,13,16). The van der Waals surface area contributed by atoms with Gasteiger partial charge in [-0.2, -0.15) is 0 Å². The lowest BCUT2D eigenvalue weighted by Crippen LogP contribution is -2.64. The molecule has 4 heteroatoms. The summed E-state index contributed by atoms with van der Waals surface area (Å²) in [6.07, 6.45) is 5.30. The molecule has 1 unspecified atom stereocenters. The van der Waals surface area contributed by atoms with Crippen molar-refractivity contribution in [2.75, 3.05) is 6.54 Å². The van der Waals surface area contributed by atoms with Crippen molar-refractivity contribution in [3.8, 4) is 0 Å².